The maximum atomic E-state index is 11.1. The zero-order valence-electron chi connectivity index (χ0n) is 7.95. The van der Waals surface area contributed by atoms with Crippen LogP contribution in [0.4, 0.5) is 0 Å². The molecule has 1 heterocycles. The minimum Gasteiger partial charge on any atom is -0.347 e. The first kappa shape index (κ1) is 10.3. The Morgan fingerprint density at radius 2 is 2.64 bits per heavy atom. The molecule has 1 amide bonds. The van der Waals surface area contributed by atoms with Gasteiger partial charge in [0.05, 0.1) is 12.1 Å². The molecule has 5 heteroatoms. The van der Waals surface area contributed by atoms with E-state index in [1.807, 2.05) is 6.92 Å². The summed E-state index contributed by atoms with van der Waals surface area (Å²) in [5.74, 6) is 0.453. The number of aromatic amines is 1. The van der Waals surface area contributed by atoms with Crippen molar-refractivity contribution in [2.24, 2.45) is 0 Å². The van der Waals surface area contributed by atoms with Crippen molar-refractivity contribution in [2.45, 2.75) is 25.8 Å². The van der Waals surface area contributed by atoms with Gasteiger partial charge in [0.2, 0.25) is 5.91 Å². The van der Waals surface area contributed by atoms with Gasteiger partial charge >= 0.3 is 0 Å². The first-order valence-corrected chi connectivity index (χ1v) is 4.43. The SMILES string of the molecule is CCC(NC(=O)CC#N)c1ncc[nH]1. The molecule has 0 radical (unpaired) electrons. The summed E-state index contributed by atoms with van der Waals surface area (Å²) in [6, 6.07) is 1.67. The summed E-state index contributed by atoms with van der Waals surface area (Å²) in [6.07, 6.45) is 3.96. The van der Waals surface area contributed by atoms with Crippen molar-refractivity contribution >= 4 is 5.91 Å². The molecule has 1 atom stereocenters. The Morgan fingerprint density at radius 3 is 3.14 bits per heavy atom. The lowest BCUT2D eigenvalue weighted by atomic mass is 10.2. The van der Waals surface area contributed by atoms with Gasteiger partial charge in [-0.15, -0.1) is 0 Å². The number of nitrogens with zero attached hydrogens (tertiary/aromatic N) is 2. The summed E-state index contributed by atoms with van der Waals surface area (Å²) in [6.45, 7) is 1.94. The highest BCUT2D eigenvalue weighted by Crippen LogP contribution is 2.10. The number of nitrogens with one attached hydrogen (secondary N) is 2. The van der Waals surface area contributed by atoms with Crippen LogP contribution in [0.5, 0.6) is 0 Å². The van der Waals surface area contributed by atoms with Gasteiger partial charge in [0.15, 0.2) is 0 Å². The third-order valence-corrected chi connectivity index (χ3v) is 1.83. The highest BCUT2D eigenvalue weighted by Gasteiger charge is 2.13. The Morgan fingerprint density at radius 1 is 1.86 bits per heavy atom. The zero-order valence-corrected chi connectivity index (χ0v) is 7.95. The van der Waals surface area contributed by atoms with Gasteiger partial charge in [-0.3, -0.25) is 4.79 Å². The fraction of sp³-hybridized carbons (Fsp3) is 0.444. The standard InChI is InChI=1S/C9H12N4O/c1-2-7(9-11-5-6-12-9)13-8(14)3-4-10/h5-7H,2-3H2,1H3,(H,11,12)(H,13,14). The molecule has 0 spiro atoms. The second-order valence-corrected chi connectivity index (χ2v) is 2.84. The third kappa shape index (κ3) is 2.59. The minimum atomic E-state index is -0.268. The van der Waals surface area contributed by atoms with Gasteiger partial charge in [-0.05, 0) is 6.42 Å². The molecule has 0 aliphatic carbocycles. The second-order valence-electron chi connectivity index (χ2n) is 2.84. The van der Waals surface area contributed by atoms with E-state index in [-0.39, 0.29) is 18.4 Å². The molecule has 1 rings (SSSR count). The average Bonchev–Trinajstić information content (AvgIpc) is 2.67. The van der Waals surface area contributed by atoms with E-state index in [1.165, 1.54) is 0 Å². The van der Waals surface area contributed by atoms with Crippen molar-refractivity contribution in [2.75, 3.05) is 0 Å². The summed E-state index contributed by atoms with van der Waals surface area (Å²) in [5.41, 5.74) is 0. The Balaban J connectivity index is 2.57. The molecule has 5 nitrogen and oxygen atoms in total. The van der Waals surface area contributed by atoms with Crippen LogP contribution in [0.15, 0.2) is 12.4 Å². The van der Waals surface area contributed by atoms with Gasteiger partial charge in [0.1, 0.15) is 12.2 Å². The Labute approximate surface area is 82.2 Å². The van der Waals surface area contributed by atoms with E-state index in [9.17, 15) is 4.79 Å². The predicted molar refractivity (Wildman–Crippen MR) is 50.0 cm³/mol. The number of H-pyrrole nitrogens is 1. The van der Waals surface area contributed by atoms with Gasteiger partial charge in [-0.25, -0.2) is 4.98 Å². The highest BCUT2D eigenvalue weighted by atomic mass is 16.1. The first-order valence-electron chi connectivity index (χ1n) is 4.43. The van der Waals surface area contributed by atoms with Crippen molar-refractivity contribution in [3.05, 3.63) is 18.2 Å². The molecule has 0 aliphatic rings. The van der Waals surface area contributed by atoms with E-state index < -0.39 is 0 Å². The van der Waals surface area contributed by atoms with Crippen LogP contribution in [0.25, 0.3) is 0 Å². The van der Waals surface area contributed by atoms with Crippen LogP contribution in [0.2, 0.25) is 0 Å². The molecule has 0 aliphatic heterocycles. The van der Waals surface area contributed by atoms with E-state index in [0.717, 1.165) is 12.2 Å². The smallest absolute Gasteiger partial charge is 0.234 e. The molecular weight excluding hydrogens is 180 g/mol. The second kappa shape index (κ2) is 5.02. The van der Waals surface area contributed by atoms with Crippen LogP contribution >= 0.6 is 0 Å². The van der Waals surface area contributed by atoms with Crippen LogP contribution in [0.3, 0.4) is 0 Å². The van der Waals surface area contributed by atoms with Crippen molar-refractivity contribution in [1.29, 1.82) is 5.26 Å². The van der Waals surface area contributed by atoms with Crippen LogP contribution in [0, 0.1) is 11.3 Å². The van der Waals surface area contributed by atoms with Crippen molar-refractivity contribution in [1.82, 2.24) is 15.3 Å². The number of nitriles is 1. The molecule has 2 N–H and O–H groups in total. The number of imidazole rings is 1. The van der Waals surface area contributed by atoms with Crippen LogP contribution in [-0.2, 0) is 4.79 Å². The monoisotopic (exact) mass is 192 g/mol. The summed E-state index contributed by atoms with van der Waals surface area (Å²) >= 11 is 0. The lowest BCUT2D eigenvalue weighted by molar-refractivity contribution is -0.120. The number of hydrogen-bond donors (Lipinski definition) is 2. The van der Waals surface area contributed by atoms with Crippen molar-refractivity contribution in [3.63, 3.8) is 0 Å². The highest BCUT2D eigenvalue weighted by molar-refractivity contribution is 5.78. The number of amides is 1. The molecule has 0 aromatic carbocycles. The van der Waals surface area contributed by atoms with Gasteiger partial charge in [0.25, 0.3) is 0 Å². The lowest BCUT2D eigenvalue weighted by Crippen LogP contribution is -2.28. The van der Waals surface area contributed by atoms with Crippen molar-refractivity contribution < 1.29 is 4.79 Å². The largest absolute Gasteiger partial charge is 0.347 e. The summed E-state index contributed by atoms with van der Waals surface area (Å²) < 4.78 is 0. The molecule has 1 aromatic heterocycles. The van der Waals surface area contributed by atoms with E-state index >= 15 is 0 Å². The Hall–Kier alpha value is -1.83. The van der Waals surface area contributed by atoms with E-state index in [1.54, 1.807) is 18.5 Å². The van der Waals surface area contributed by atoms with E-state index in [2.05, 4.69) is 15.3 Å². The van der Waals surface area contributed by atoms with Gasteiger partial charge in [0, 0.05) is 12.4 Å². The first-order chi connectivity index (χ1) is 6.77. The van der Waals surface area contributed by atoms with Crippen molar-refractivity contribution in [3.8, 4) is 6.07 Å². The zero-order chi connectivity index (χ0) is 10.4. The van der Waals surface area contributed by atoms with E-state index in [0.29, 0.717) is 0 Å². The molecule has 0 saturated heterocycles. The summed E-state index contributed by atoms with van der Waals surface area (Å²) in [7, 11) is 0. The topological polar surface area (TPSA) is 81.6 Å². The number of carbonyl (C=O) groups excluding carboxylic acids is 1. The van der Waals surface area contributed by atoms with Crippen LogP contribution in [-0.4, -0.2) is 15.9 Å². The number of carbonyl (C=O) groups is 1. The number of hydrogen-bond acceptors (Lipinski definition) is 3. The number of aromatic nitrogens is 2. The van der Waals surface area contributed by atoms with Crippen LogP contribution < -0.4 is 5.32 Å². The van der Waals surface area contributed by atoms with Gasteiger partial charge in [-0.2, -0.15) is 5.26 Å². The van der Waals surface area contributed by atoms with E-state index in [4.69, 9.17) is 5.26 Å². The Bertz CT molecular complexity index is 325. The molecule has 74 valence electrons. The predicted octanol–water partition coefficient (Wildman–Crippen LogP) is 0.891. The normalized spacial score (nSPS) is 11.7. The fourth-order valence-electron chi connectivity index (χ4n) is 1.15. The molecule has 1 unspecified atom stereocenters. The summed E-state index contributed by atoms with van der Waals surface area (Å²) in [5, 5.41) is 11.0. The lowest BCUT2D eigenvalue weighted by Gasteiger charge is -2.13. The average molecular weight is 192 g/mol. The quantitative estimate of drug-likeness (QED) is 0.743. The minimum absolute atomic E-state index is 0.114. The molecule has 0 fully saturated rings. The van der Waals surface area contributed by atoms with Gasteiger partial charge in [-0.1, -0.05) is 6.92 Å². The molecule has 1 aromatic rings. The summed E-state index contributed by atoms with van der Waals surface area (Å²) in [4.78, 5) is 18.1. The number of rotatable bonds is 4. The van der Waals surface area contributed by atoms with Crippen LogP contribution in [0.1, 0.15) is 31.6 Å². The molecular formula is C9H12N4O. The Kier molecular flexibility index (Phi) is 3.68. The fourth-order valence-corrected chi connectivity index (χ4v) is 1.15. The van der Waals surface area contributed by atoms with Gasteiger partial charge < -0.3 is 10.3 Å². The maximum Gasteiger partial charge on any atom is 0.234 e. The maximum absolute atomic E-state index is 11.1. The molecule has 0 saturated carbocycles. The molecule has 14 heavy (non-hydrogen) atoms. The molecule has 0 bridgehead atoms. The third-order valence-electron chi connectivity index (χ3n) is 1.83.